The number of carbonyl (C=O) groups excluding carboxylic acids is 1. The van der Waals surface area contributed by atoms with E-state index in [1.54, 1.807) is 24.3 Å². The van der Waals surface area contributed by atoms with Gasteiger partial charge < -0.3 is 15.2 Å². The lowest BCUT2D eigenvalue weighted by Crippen LogP contribution is -2.10. The number of anilines is 1. The molecule has 0 aliphatic rings. The Bertz CT molecular complexity index is 608. The van der Waals surface area contributed by atoms with Crippen LogP contribution in [0.1, 0.15) is 35.3 Å². The fraction of sp³-hybridized carbons (Fsp3) is 0.235. The molecule has 21 heavy (non-hydrogen) atoms. The number of esters is 1. The second-order valence-corrected chi connectivity index (χ2v) is 4.77. The third kappa shape index (κ3) is 3.75. The van der Waals surface area contributed by atoms with Crippen molar-refractivity contribution >= 4 is 11.7 Å². The number of nitrogens with one attached hydrogen (secondary N) is 1. The largest absolute Gasteiger partial charge is 0.508 e. The molecule has 2 N–H and O–H groups in total. The van der Waals surface area contributed by atoms with Crippen LogP contribution in [0.3, 0.4) is 0 Å². The highest BCUT2D eigenvalue weighted by Gasteiger charge is 2.11. The monoisotopic (exact) mass is 285 g/mol. The van der Waals surface area contributed by atoms with Crippen LogP contribution in [0.4, 0.5) is 5.69 Å². The summed E-state index contributed by atoms with van der Waals surface area (Å²) in [6.45, 7) is 2.08. The van der Waals surface area contributed by atoms with E-state index in [0.717, 1.165) is 17.7 Å². The Labute approximate surface area is 124 Å². The third-order valence-electron chi connectivity index (χ3n) is 3.33. The van der Waals surface area contributed by atoms with Gasteiger partial charge in [-0.15, -0.1) is 0 Å². The van der Waals surface area contributed by atoms with Crippen LogP contribution < -0.4 is 5.32 Å². The summed E-state index contributed by atoms with van der Waals surface area (Å²) in [5, 5.41) is 12.7. The maximum absolute atomic E-state index is 11.6. The third-order valence-corrected chi connectivity index (χ3v) is 3.33. The average Bonchev–Trinajstić information content (AvgIpc) is 2.53. The van der Waals surface area contributed by atoms with Crippen molar-refractivity contribution in [3.63, 3.8) is 0 Å². The summed E-state index contributed by atoms with van der Waals surface area (Å²) in [5.74, 6) is -0.0994. The van der Waals surface area contributed by atoms with Crippen LogP contribution >= 0.6 is 0 Å². The van der Waals surface area contributed by atoms with Gasteiger partial charge in [-0.2, -0.15) is 0 Å². The number of carbonyl (C=O) groups is 1. The molecule has 110 valence electrons. The van der Waals surface area contributed by atoms with Gasteiger partial charge in [-0.3, -0.25) is 0 Å². The molecule has 0 aliphatic heterocycles. The van der Waals surface area contributed by atoms with E-state index in [0.29, 0.717) is 5.56 Å². The van der Waals surface area contributed by atoms with Crippen LogP contribution in [0, 0.1) is 0 Å². The van der Waals surface area contributed by atoms with Gasteiger partial charge in [0.25, 0.3) is 0 Å². The molecule has 2 aromatic rings. The van der Waals surface area contributed by atoms with E-state index in [-0.39, 0.29) is 17.8 Å². The van der Waals surface area contributed by atoms with E-state index < -0.39 is 0 Å². The van der Waals surface area contributed by atoms with Crippen molar-refractivity contribution in [2.45, 2.75) is 19.4 Å². The van der Waals surface area contributed by atoms with Crippen LogP contribution in [-0.4, -0.2) is 18.2 Å². The van der Waals surface area contributed by atoms with Gasteiger partial charge in [-0.25, -0.2) is 4.79 Å². The number of phenolic OH excluding ortho intramolecular Hbond substituents is 1. The van der Waals surface area contributed by atoms with Crippen molar-refractivity contribution in [3.8, 4) is 5.75 Å². The Morgan fingerprint density at radius 3 is 2.57 bits per heavy atom. The number of benzene rings is 2. The summed E-state index contributed by atoms with van der Waals surface area (Å²) in [5.41, 5.74) is 2.46. The number of ether oxygens (including phenoxy) is 1. The fourth-order valence-corrected chi connectivity index (χ4v) is 2.18. The Morgan fingerprint density at radius 1 is 1.24 bits per heavy atom. The van der Waals surface area contributed by atoms with Gasteiger partial charge in [0.15, 0.2) is 0 Å². The van der Waals surface area contributed by atoms with Crippen molar-refractivity contribution in [3.05, 3.63) is 59.7 Å². The minimum Gasteiger partial charge on any atom is -0.508 e. The standard InChI is InChI=1S/C17H19NO3/c1-3-16(12-7-9-15(19)10-8-12)18-14-6-4-5-13(11-14)17(20)21-2/h4-11,16,18-19H,3H2,1-2H3. The molecule has 0 aliphatic carbocycles. The van der Waals surface area contributed by atoms with Gasteiger partial charge in [-0.05, 0) is 42.3 Å². The molecule has 1 atom stereocenters. The van der Waals surface area contributed by atoms with E-state index in [1.165, 1.54) is 7.11 Å². The predicted molar refractivity (Wildman–Crippen MR) is 82.5 cm³/mol. The van der Waals surface area contributed by atoms with Crippen LogP contribution in [0.15, 0.2) is 48.5 Å². The van der Waals surface area contributed by atoms with Gasteiger partial charge in [0.05, 0.1) is 18.7 Å². The van der Waals surface area contributed by atoms with Crippen molar-refractivity contribution < 1.29 is 14.6 Å². The van der Waals surface area contributed by atoms with Crippen LogP contribution in [0.5, 0.6) is 5.75 Å². The minimum atomic E-state index is -0.351. The Morgan fingerprint density at radius 2 is 1.95 bits per heavy atom. The van der Waals surface area contributed by atoms with Gasteiger partial charge in [0.2, 0.25) is 0 Å². The van der Waals surface area contributed by atoms with Crippen LogP contribution in [0.2, 0.25) is 0 Å². The smallest absolute Gasteiger partial charge is 0.337 e. The molecule has 0 radical (unpaired) electrons. The molecule has 0 saturated carbocycles. The molecule has 0 bridgehead atoms. The summed E-state index contributed by atoms with van der Waals surface area (Å²) in [6, 6.07) is 14.5. The first-order valence-corrected chi connectivity index (χ1v) is 6.88. The molecule has 4 heteroatoms. The lowest BCUT2D eigenvalue weighted by atomic mass is 10.0. The molecular weight excluding hydrogens is 266 g/mol. The summed E-state index contributed by atoms with van der Waals surface area (Å²) in [7, 11) is 1.37. The molecule has 4 nitrogen and oxygen atoms in total. The maximum Gasteiger partial charge on any atom is 0.337 e. The zero-order valence-electron chi connectivity index (χ0n) is 12.2. The lowest BCUT2D eigenvalue weighted by Gasteiger charge is -2.19. The molecule has 2 rings (SSSR count). The molecule has 0 aromatic heterocycles. The summed E-state index contributed by atoms with van der Waals surface area (Å²) in [4.78, 5) is 11.6. The maximum atomic E-state index is 11.6. The predicted octanol–water partition coefficient (Wildman–Crippen LogP) is 3.74. The van der Waals surface area contributed by atoms with Gasteiger partial charge in [0.1, 0.15) is 5.75 Å². The molecule has 0 amide bonds. The number of rotatable bonds is 5. The van der Waals surface area contributed by atoms with Crippen molar-refractivity contribution in [1.29, 1.82) is 0 Å². The minimum absolute atomic E-state index is 0.110. The van der Waals surface area contributed by atoms with Crippen LogP contribution in [-0.2, 0) is 4.74 Å². The van der Waals surface area contributed by atoms with Gasteiger partial charge >= 0.3 is 5.97 Å². The normalized spacial score (nSPS) is 11.7. The molecule has 0 saturated heterocycles. The Hall–Kier alpha value is -2.49. The van der Waals surface area contributed by atoms with Crippen molar-refractivity contribution in [2.75, 3.05) is 12.4 Å². The Kier molecular flexibility index (Phi) is 4.82. The number of hydrogen-bond donors (Lipinski definition) is 2. The number of methoxy groups -OCH3 is 1. The van der Waals surface area contributed by atoms with Crippen molar-refractivity contribution in [2.24, 2.45) is 0 Å². The second kappa shape index (κ2) is 6.79. The second-order valence-electron chi connectivity index (χ2n) is 4.77. The highest BCUT2D eigenvalue weighted by molar-refractivity contribution is 5.90. The van der Waals surface area contributed by atoms with Gasteiger partial charge in [-0.1, -0.05) is 25.1 Å². The van der Waals surface area contributed by atoms with E-state index in [4.69, 9.17) is 4.74 Å². The first-order valence-electron chi connectivity index (χ1n) is 6.88. The highest BCUT2D eigenvalue weighted by atomic mass is 16.5. The average molecular weight is 285 g/mol. The molecule has 0 spiro atoms. The number of aromatic hydroxyl groups is 1. The lowest BCUT2D eigenvalue weighted by molar-refractivity contribution is 0.0601. The van der Waals surface area contributed by atoms with E-state index in [1.807, 2.05) is 24.3 Å². The van der Waals surface area contributed by atoms with Crippen molar-refractivity contribution in [1.82, 2.24) is 0 Å². The highest BCUT2D eigenvalue weighted by Crippen LogP contribution is 2.24. The number of hydrogen-bond acceptors (Lipinski definition) is 4. The summed E-state index contributed by atoms with van der Waals surface area (Å²) in [6.07, 6.45) is 0.882. The molecule has 0 fully saturated rings. The molecule has 1 unspecified atom stereocenters. The Balaban J connectivity index is 2.18. The SMILES string of the molecule is CCC(Nc1cccc(C(=O)OC)c1)c1ccc(O)cc1. The van der Waals surface area contributed by atoms with E-state index in [9.17, 15) is 9.90 Å². The fourth-order valence-electron chi connectivity index (χ4n) is 2.18. The first-order chi connectivity index (χ1) is 10.1. The summed E-state index contributed by atoms with van der Waals surface area (Å²) < 4.78 is 4.73. The molecular formula is C17H19NO3. The van der Waals surface area contributed by atoms with E-state index >= 15 is 0 Å². The van der Waals surface area contributed by atoms with Gasteiger partial charge in [0, 0.05) is 5.69 Å². The molecule has 0 heterocycles. The quantitative estimate of drug-likeness (QED) is 0.822. The first kappa shape index (κ1) is 14.9. The topological polar surface area (TPSA) is 58.6 Å². The zero-order valence-corrected chi connectivity index (χ0v) is 12.2. The van der Waals surface area contributed by atoms with E-state index in [2.05, 4.69) is 12.2 Å². The van der Waals surface area contributed by atoms with Crippen LogP contribution in [0.25, 0.3) is 0 Å². The zero-order chi connectivity index (χ0) is 15.2. The summed E-state index contributed by atoms with van der Waals surface area (Å²) >= 11 is 0. The number of phenols is 1. The molecule has 2 aromatic carbocycles.